The second-order valence-corrected chi connectivity index (χ2v) is 6.95. The van der Waals surface area contributed by atoms with Crippen LogP contribution in [0.3, 0.4) is 0 Å². The number of amides is 1. The summed E-state index contributed by atoms with van der Waals surface area (Å²) in [5.74, 6) is 0.0332. The molecule has 1 aliphatic rings. The van der Waals surface area contributed by atoms with Crippen LogP contribution in [-0.4, -0.2) is 41.2 Å². The van der Waals surface area contributed by atoms with E-state index in [1.165, 1.54) is 4.90 Å². The number of likely N-dealkylation sites (tertiary alicyclic amines) is 1. The Labute approximate surface area is 147 Å². The van der Waals surface area contributed by atoms with E-state index in [-0.39, 0.29) is 11.9 Å². The molecule has 1 aliphatic heterocycles. The molecular weight excluding hydrogens is 318 g/mol. The molecule has 1 fully saturated rings. The summed E-state index contributed by atoms with van der Waals surface area (Å²) in [6.07, 6.45) is 5.85. The van der Waals surface area contributed by atoms with Crippen molar-refractivity contribution in [3.05, 3.63) is 59.9 Å². The van der Waals surface area contributed by atoms with Gasteiger partial charge in [-0.15, -0.1) is 11.8 Å². The van der Waals surface area contributed by atoms with Crippen molar-refractivity contribution in [2.45, 2.75) is 30.3 Å². The molecule has 0 unspecified atom stereocenters. The fraction of sp³-hybridized carbons (Fsp3) is 0.368. The molecule has 24 heavy (non-hydrogen) atoms. The van der Waals surface area contributed by atoms with Gasteiger partial charge in [-0.3, -0.25) is 14.7 Å². The summed E-state index contributed by atoms with van der Waals surface area (Å²) >= 11 is 1.68. The zero-order valence-electron chi connectivity index (χ0n) is 13.9. The molecule has 2 aromatic rings. The molecule has 1 saturated heterocycles. The number of piperidine rings is 1. The number of nitrogens with zero attached hydrogens (tertiary/aromatic N) is 2. The summed E-state index contributed by atoms with van der Waals surface area (Å²) in [5, 5.41) is 3.17. The lowest BCUT2D eigenvalue weighted by atomic mass is 10.0. The van der Waals surface area contributed by atoms with Crippen molar-refractivity contribution in [2.24, 2.45) is 0 Å². The van der Waals surface area contributed by atoms with E-state index in [2.05, 4.69) is 21.3 Å². The van der Waals surface area contributed by atoms with E-state index in [0.29, 0.717) is 0 Å². The van der Waals surface area contributed by atoms with Gasteiger partial charge >= 0.3 is 0 Å². The molecule has 0 saturated carbocycles. The van der Waals surface area contributed by atoms with Crippen LogP contribution in [0.15, 0.2) is 53.6 Å². The monoisotopic (exact) mass is 341 g/mol. The minimum Gasteiger partial charge on any atom is -0.349 e. The maximum absolute atomic E-state index is 12.3. The summed E-state index contributed by atoms with van der Waals surface area (Å²) in [5.41, 5.74) is 1.84. The average Bonchev–Trinajstić information content (AvgIpc) is 2.64. The van der Waals surface area contributed by atoms with E-state index >= 15 is 0 Å². The van der Waals surface area contributed by atoms with Gasteiger partial charge in [-0.05, 0) is 55.5 Å². The highest BCUT2D eigenvalue weighted by Crippen LogP contribution is 2.16. The van der Waals surface area contributed by atoms with E-state index in [4.69, 9.17) is 0 Å². The number of carbonyl (C=O) groups excluding carboxylic acids is 1. The zero-order chi connectivity index (χ0) is 16.8. The van der Waals surface area contributed by atoms with Gasteiger partial charge in [0.2, 0.25) is 0 Å². The Balaban J connectivity index is 1.47. The van der Waals surface area contributed by atoms with Crippen molar-refractivity contribution in [3.63, 3.8) is 0 Å². The lowest BCUT2D eigenvalue weighted by Crippen LogP contribution is -2.44. The number of hydrogen-bond acceptors (Lipinski definition) is 4. The highest BCUT2D eigenvalue weighted by atomic mass is 32.2. The molecule has 1 amide bonds. The Kier molecular flexibility index (Phi) is 5.88. The zero-order valence-corrected chi connectivity index (χ0v) is 14.8. The molecule has 3 rings (SSSR count). The Bertz CT molecular complexity index is 652. The largest absolute Gasteiger partial charge is 0.349 e. The number of hydrogen-bond donors (Lipinski definition) is 1. The molecular formula is C19H23N3OS. The number of aromatic nitrogens is 1. The van der Waals surface area contributed by atoms with Crippen LogP contribution in [0.5, 0.6) is 0 Å². The van der Waals surface area contributed by atoms with Gasteiger partial charge < -0.3 is 5.32 Å². The SMILES string of the molecule is CSc1ccc(C(=O)NC2CCN(Cc3ccccn3)CC2)cc1. The van der Waals surface area contributed by atoms with Crippen LogP contribution in [0, 0.1) is 0 Å². The van der Waals surface area contributed by atoms with E-state index in [1.54, 1.807) is 11.8 Å². The van der Waals surface area contributed by atoms with E-state index < -0.39 is 0 Å². The number of benzene rings is 1. The van der Waals surface area contributed by atoms with Gasteiger partial charge in [0.1, 0.15) is 0 Å². The molecule has 1 aromatic carbocycles. The highest BCUT2D eigenvalue weighted by molar-refractivity contribution is 7.98. The smallest absolute Gasteiger partial charge is 0.251 e. The second kappa shape index (κ2) is 8.31. The minimum absolute atomic E-state index is 0.0332. The van der Waals surface area contributed by atoms with Crippen LogP contribution in [0.4, 0.5) is 0 Å². The normalized spacial score (nSPS) is 16.0. The molecule has 1 aromatic heterocycles. The van der Waals surface area contributed by atoms with Crippen LogP contribution in [0.2, 0.25) is 0 Å². The molecule has 0 radical (unpaired) electrons. The third-order valence-corrected chi connectivity index (χ3v) is 5.13. The van der Waals surface area contributed by atoms with Crippen LogP contribution in [0.1, 0.15) is 28.9 Å². The quantitative estimate of drug-likeness (QED) is 0.849. The standard InChI is InChI=1S/C19H23N3OS/c1-24-18-7-5-15(6-8-18)19(23)21-16-9-12-22(13-10-16)14-17-4-2-3-11-20-17/h2-8,11,16H,9-10,12-14H2,1H3,(H,21,23). The fourth-order valence-corrected chi connectivity index (χ4v) is 3.38. The Morgan fingerprint density at radius 1 is 1.21 bits per heavy atom. The first kappa shape index (κ1) is 17.0. The first-order valence-corrected chi connectivity index (χ1v) is 9.54. The Morgan fingerprint density at radius 2 is 1.96 bits per heavy atom. The summed E-state index contributed by atoms with van der Waals surface area (Å²) < 4.78 is 0. The van der Waals surface area contributed by atoms with Crippen molar-refractivity contribution in [3.8, 4) is 0 Å². The highest BCUT2D eigenvalue weighted by Gasteiger charge is 2.21. The molecule has 2 heterocycles. The second-order valence-electron chi connectivity index (χ2n) is 6.07. The number of rotatable bonds is 5. The van der Waals surface area contributed by atoms with Crippen LogP contribution < -0.4 is 5.32 Å². The van der Waals surface area contributed by atoms with Crippen LogP contribution in [-0.2, 0) is 6.54 Å². The topological polar surface area (TPSA) is 45.2 Å². The van der Waals surface area contributed by atoms with Crippen molar-refractivity contribution in [2.75, 3.05) is 19.3 Å². The van der Waals surface area contributed by atoms with Gasteiger partial charge in [-0.2, -0.15) is 0 Å². The fourth-order valence-electron chi connectivity index (χ4n) is 2.97. The van der Waals surface area contributed by atoms with Gasteiger partial charge in [0.25, 0.3) is 5.91 Å². The van der Waals surface area contributed by atoms with Crippen molar-refractivity contribution >= 4 is 17.7 Å². The number of thioether (sulfide) groups is 1. The summed E-state index contributed by atoms with van der Waals surface area (Å²) in [6.45, 7) is 2.87. The van der Waals surface area contributed by atoms with E-state index in [9.17, 15) is 4.79 Å². The number of nitrogens with one attached hydrogen (secondary N) is 1. The first-order chi connectivity index (χ1) is 11.7. The molecule has 5 heteroatoms. The van der Waals surface area contributed by atoms with Gasteiger partial charge in [0.05, 0.1) is 5.69 Å². The minimum atomic E-state index is 0.0332. The Morgan fingerprint density at radius 3 is 2.58 bits per heavy atom. The first-order valence-electron chi connectivity index (χ1n) is 8.32. The van der Waals surface area contributed by atoms with Gasteiger partial charge in [-0.25, -0.2) is 0 Å². The van der Waals surface area contributed by atoms with Gasteiger partial charge in [0.15, 0.2) is 0 Å². The van der Waals surface area contributed by atoms with Crippen LogP contribution >= 0.6 is 11.8 Å². The lowest BCUT2D eigenvalue weighted by molar-refractivity contribution is 0.0908. The van der Waals surface area contributed by atoms with Crippen molar-refractivity contribution in [1.29, 1.82) is 0 Å². The van der Waals surface area contributed by atoms with Crippen molar-refractivity contribution < 1.29 is 4.79 Å². The van der Waals surface area contributed by atoms with Gasteiger partial charge in [-0.1, -0.05) is 6.07 Å². The molecule has 0 aliphatic carbocycles. The third-order valence-electron chi connectivity index (χ3n) is 4.39. The molecule has 126 valence electrons. The summed E-state index contributed by atoms with van der Waals surface area (Å²) in [7, 11) is 0. The molecule has 0 bridgehead atoms. The summed E-state index contributed by atoms with van der Waals surface area (Å²) in [4.78, 5) is 20.3. The summed E-state index contributed by atoms with van der Waals surface area (Å²) in [6, 6.07) is 14.1. The van der Waals surface area contributed by atoms with Gasteiger partial charge in [0, 0.05) is 42.3 Å². The van der Waals surface area contributed by atoms with E-state index in [0.717, 1.165) is 43.7 Å². The van der Waals surface area contributed by atoms with E-state index in [1.807, 2.05) is 48.9 Å². The average molecular weight is 341 g/mol. The lowest BCUT2D eigenvalue weighted by Gasteiger charge is -2.32. The molecule has 4 nitrogen and oxygen atoms in total. The Hall–Kier alpha value is -1.85. The molecule has 0 atom stereocenters. The predicted molar refractivity (Wildman–Crippen MR) is 98.2 cm³/mol. The number of pyridine rings is 1. The molecule has 1 N–H and O–H groups in total. The van der Waals surface area contributed by atoms with Crippen LogP contribution in [0.25, 0.3) is 0 Å². The number of carbonyl (C=O) groups is 1. The van der Waals surface area contributed by atoms with Crippen molar-refractivity contribution in [1.82, 2.24) is 15.2 Å². The maximum atomic E-state index is 12.3. The predicted octanol–water partition coefficient (Wildman–Crippen LogP) is 3.20. The molecule has 0 spiro atoms. The third kappa shape index (κ3) is 4.58. The maximum Gasteiger partial charge on any atom is 0.251 e.